The van der Waals surface area contributed by atoms with Crippen LogP contribution < -0.4 is 5.32 Å². The van der Waals surface area contributed by atoms with E-state index in [0.29, 0.717) is 32.6 Å². The van der Waals surface area contributed by atoms with E-state index in [-0.39, 0.29) is 13.2 Å². The molecule has 0 aliphatic carbocycles. The fourth-order valence-electron chi connectivity index (χ4n) is 4.39. The number of ether oxygens (including phenoxy) is 2. The molecule has 4 rings (SSSR count). The van der Waals surface area contributed by atoms with Gasteiger partial charge >= 0.3 is 11.9 Å². The van der Waals surface area contributed by atoms with Gasteiger partial charge in [-0.2, -0.15) is 0 Å². The molecule has 1 N–H and O–H groups in total. The third kappa shape index (κ3) is 5.44. The van der Waals surface area contributed by atoms with Gasteiger partial charge in [0, 0.05) is 27.9 Å². The van der Waals surface area contributed by atoms with Gasteiger partial charge < -0.3 is 14.8 Å². The Bertz CT molecular complexity index is 1390. The Kier molecular flexibility index (Phi) is 8.37. The first-order valence-electron chi connectivity index (χ1n) is 11.8. The van der Waals surface area contributed by atoms with Crippen molar-refractivity contribution in [2.75, 3.05) is 13.2 Å². The average molecular weight is 557 g/mol. The number of carbonyl (C=O) groups is 2. The Morgan fingerprint density at radius 2 is 1.57 bits per heavy atom. The molecule has 1 aromatic heterocycles. The van der Waals surface area contributed by atoms with Crippen LogP contribution in [0.15, 0.2) is 70.4 Å². The van der Waals surface area contributed by atoms with Crippen molar-refractivity contribution in [3.63, 3.8) is 0 Å². The van der Waals surface area contributed by atoms with Crippen LogP contribution in [0, 0.1) is 0 Å². The first-order valence-corrected chi connectivity index (χ1v) is 13.4. The SMILES string of the molecule is CCOC(=O)C1=C(C)NC(C)=C(C(=O)OCC)C1c1ccccc1-c1nc(-c2ccc(Cl)c(Cl)c2)cs1. The summed E-state index contributed by atoms with van der Waals surface area (Å²) < 4.78 is 10.8. The number of carbonyl (C=O) groups excluding carboxylic acids is 2. The van der Waals surface area contributed by atoms with Gasteiger partial charge in [0.15, 0.2) is 0 Å². The highest BCUT2D eigenvalue weighted by atomic mass is 35.5. The topological polar surface area (TPSA) is 77.5 Å². The normalized spacial score (nSPS) is 14.0. The zero-order valence-corrected chi connectivity index (χ0v) is 23.2. The van der Waals surface area contributed by atoms with Gasteiger partial charge in [-0.15, -0.1) is 11.3 Å². The van der Waals surface area contributed by atoms with Gasteiger partial charge in [0.05, 0.1) is 46.0 Å². The highest BCUT2D eigenvalue weighted by molar-refractivity contribution is 7.13. The fourth-order valence-corrected chi connectivity index (χ4v) is 5.57. The number of esters is 2. The maximum absolute atomic E-state index is 13.2. The predicted molar refractivity (Wildman–Crippen MR) is 148 cm³/mol. The predicted octanol–water partition coefficient (Wildman–Crippen LogP) is 7.14. The Morgan fingerprint density at radius 1 is 0.946 bits per heavy atom. The van der Waals surface area contributed by atoms with Crippen LogP contribution >= 0.6 is 34.5 Å². The molecule has 37 heavy (non-hydrogen) atoms. The molecular formula is C28H26Cl2N2O4S. The van der Waals surface area contributed by atoms with Crippen LogP contribution in [0.2, 0.25) is 10.0 Å². The average Bonchev–Trinajstić information content (AvgIpc) is 3.35. The lowest BCUT2D eigenvalue weighted by Gasteiger charge is -2.31. The number of thiazole rings is 1. The van der Waals surface area contributed by atoms with E-state index in [9.17, 15) is 9.59 Å². The van der Waals surface area contributed by atoms with Crippen molar-refractivity contribution in [2.45, 2.75) is 33.6 Å². The summed E-state index contributed by atoms with van der Waals surface area (Å²) in [7, 11) is 0. The first-order chi connectivity index (χ1) is 17.8. The van der Waals surface area contributed by atoms with Crippen molar-refractivity contribution >= 4 is 46.5 Å². The number of rotatable bonds is 7. The lowest BCUT2D eigenvalue weighted by molar-refractivity contribution is -0.139. The van der Waals surface area contributed by atoms with Gasteiger partial charge in [0.1, 0.15) is 5.01 Å². The fraction of sp³-hybridized carbons (Fsp3) is 0.250. The molecule has 0 saturated heterocycles. The highest BCUT2D eigenvalue weighted by Crippen LogP contribution is 2.44. The maximum Gasteiger partial charge on any atom is 0.336 e. The molecule has 0 bridgehead atoms. The molecule has 3 aromatic rings. The van der Waals surface area contributed by atoms with Gasteiger partial charge in [-0.1, -0.05) is 53.5 Å². The van der Waals surface area contributed by atoms with Gasteiger partial charge in [-0.3, -0.25) is 0 Å². The number of nitrogens with zero attached hydrogens (tertiary/aromatic N) is 1. The summed E-state index contributed by atoms with van der Waals surface area (Å²) in [5.74, 6) is -1.68. The first kappa shape index (κ1) is 26.9. The highest BCUT2D eigenvalue weighted by Gasteiger charge is 2.39. The third-order valence-electron chi connectivity index (χ3n) is 5.97. The number of hydrogen-bond acceptors (Lipinski definition) is 7. The number of benzene rings is 2. The summed E-state index contributed by atoms with van der Waals surface area (Å²) in [4.78, 5) is 31.2. The van der Waals surface area contributed by atoms with Crippen molar-refractivity contribution < 1.29 is 19.1 Å². The van der Waals surface area contributed by atoms with E-state index >= 15 is 0 Å². The number of aromatic nitrogens is 1. The standard InChI is InChI=1S/C28H26Cl2N2O4S/c1-5-35-27(33)23-15(3)31-16(4)24(28(34)36-6-2)25(23)18-9-7-8-10-19(18)26-32-22(14-37-26)17-11-12-20(29)21(30)13-17/h7-14,25,31H,5-6H2,1-4H3. The van der Waals surface area contributed by atoms with Gasteiger partial charge in [-0.05, 0) is 45.4 Å². The van der Waals surface area contributed by atoms with E-state index in [1.165, 1.54) is 11.3 Å². The minimum absolute atomic E-state index is 0.209. The third-order valence-corrected chi connectivity index (χ3v) is 7.59. The lowest BCUT2D eigenvalue weighted by atomic mass is 9.78. The molecule has 192 valence electrons. The van der Waals surface area contributed by atoms with Crippen molar-refractivity contribution in [2.24, 2.45) is 0 Å². The number of allylic oxidation sites excluding steroid dienone is 2. The zero-order valence-electron chi connectivity index (χ0n) is 20.9. The summed E-state index contributed by atoms with van der Waals surface area (Å²) in [5, 5.41) is 6.77. The minimum Gasteiger partial charge on any atom is -0.463 e. The van der Waals surface area contributed by atoms with Gasteiger partial charge in [0.25, 0.3) is 0 Å². The summed E-state index contributed by atoms with van der Waals surface area (Å²) in [5.41, 5.74) is 5.11. The quantitative estimate of drug-likeness (QED) is 0.311. The van der Waals surface area contributed by atoms with E-state index < -0.39 is 17.9 Å². The summed E-state index contributed by atoms with van der Waals surface area (Å²) in [6.07, 6.45) is 0. The van der Waals surface area contributed by atoms with Crippen LogP contribution in [-0.2, 0) is 19.1 Å². The molecule has 0 saturated carbocycles. The zero-order chi connectivity index (χ0) is 26.7. The van der Waals surface area contributed by atoms with Crippen molar-refractivity contribution in [1.82, 2.24) is 10.3 Å². The van der Waals surface area contributed by atoms with E-state index in [1.54, 1.807) is 39.8 Å². The molecular weight excluding hydrogens is 531 g/mol. The van der Waals surface area contributed by atoms with Crippen molar-refractivity contribution in [3.05, 3.63) is 86.0 Å². The molecule has 2 heterocycles. The molecule has 0 atom stereocenters. The monoisotopic (exact) mass is 556 g/mol. The van der Waals surface area contributed by atoms with Crippen LogP contribution in [0.25, 0.3) is 21.8 Å². The number of dihydropyridines is 1. The molecule has 1 aliphatic rings. The summed E-state index contributed by atoms with van der Waals surface area (Å²) in [6.45, 7) is 7.53. The Balaban J connectivity index is 1.88. The second-order valence-corrected chi connectivity index (χ2v) is 10.0. The molecule has 9 heteroatoms. The van der Waals surface area contributed by atoms with Crippen LogP contribution in [0.5, 0.6) is 0 Å². The maximum atomic E-state index is 13.2. The number of halogens is 2. The van der Waals surface area contributed by atoms with Crippen molar-refractivity contribution in [1.29, 1.82) is 0 Å². The van der Waals surface area contributed by atoms with E-state index in [4.69, 9.17) is 37.7 Å². The molecule has 0 amide bonds. The largest absolute Gasteiger partial charge is 0.463 e. The van der Waals surface area contributed by atoms with Crippen molar-refractivity contribution in [3.8, 4) is 21.8 Å². The Hall–Kier alpha value is -3.13. The minimum atomic E-state index is -0.701. The van der Waals surface area contributed by atoms with Crippen LogP contribution in [0.4, 0.5) is 0 Å². The van der Waals surface area contributed by atoms with E-state index in [2.05, 4.69) is 5.32 Å². The van der Waals surface area contributed by atoms with Crippen LogP contribution in [0.1, 0.15) is 39.2 Å². The van der Waals surface area contributed by atoms with E-state index in [0.717, 1.165) is 27.4 Å². The van der Waals surface area contributed by atoms with E-state index in [1.807, 2.05) is 35.7 Å². The van der Waals surface area contributed by atoms with Gasteiger partial charge in [0.2, 0.25) is 0 Å². The molecule has 1 aliphatic heterocycles. The van der Waals surface area contributed by atoms with Crippen LogP contribution in [-0.4, -0.2) is 30.1 Å². The molecule has 0 radical (unpaired) electrons. The molecule has 2 aromatic carbocycles. The smallest absolute Gasteiger partial charge is 0.336 e. The second-order valence-electron chi connectivity index (χ2n) is 8.33. The molecule has 6 nitrogen and oxygen atoms in total. The molecule has 0 unspecified atom stereocenters. The Morgan fingerprint density at radius 3 is 2.16 bits per heavy atom. The second kappa shape index (κ2) is 11.5. The number of nitrogens with one attached hydrogen (secondary N) is 1. The lowest BCUT2D eigenvalue weighted by Crippen LogP contribution is -2.32. The molecule has 0 fully saturated rings. The Labute approximate surface area is 229 Å². The number of hydrogen-bond donors (Lipinski definition) is 1. The summed E-state index contributed by atoms with van der Waals surface area (Å²) in [6, 6.07) is 13.0. The summed E-state index contributed by atoms with van der Waals surface area (Å²) >= 11 is 13.8. The van der Waals surface area contributed by atoms with Crippen LogP contribution in [0.3, 0.4) is 0 Å². The molecule has 0 spiro atoms. The van der Waals surface area contributed by atoms with Gasteiger partial charge in [-0.25, -0.2) is 14.6 Å².